The number of hydrogen-bond donors (Lipinski definition) is 2. The smallest absolute Gasteiger partial charge is 0.223 e. The summed E-state index contributed by atoms with van der Waals surface area (Å²) in [6.45, 7) is 5.96. The van der Waals surface area contributed by atoms with E-state index >= 15 is 0 Å². The minimum Gasteiger partial charge on any atom is -0.384 e. The van der Waals surface area contributed by atoms with Crippen molar-refractivity contribution in [1.82, 2.24) is 10.2 Å². The van der Waals surface area contributed by atoms with Gasteiger partial charge in [0.15, 0.2) is 0 Å². The van der Waals surface area contributed by atoms with Gasteiger partial charge in [-0.15, -0.1) is 12.4 Å². The summed E-state index contributed by atoms with van der Waals surface area (Å²) in [7, 11) is 0. The van der Waals surface area contributed by atoms with Gasteiger partial charge >= 0.3 is 0 Å². The molecular formula is C23H29ClFN3O. The third-order valence-corrected chi connectivity index (χ3v) is 5.99. The first-order valence-corrected chi connectivity index (χ1v) is 10.2. The van der Waals surface area contributed by atoms with E-state index in [-0.39, 0.29) is 30.0 Å². The largest absolute Gasteiger partial charge is 0.384 e. The van der Waals surface area contributed by atoms with Gasteiger partial charge in [0.2, 0.25) is 5.91 Å². The maximum absolute atomic E-state index is 13.6. The van der Waals surface area contributed by atoms with Crippen LogP contribution in [0.25, 0.3) is 0 Å². The van der Waals surface area contributed by atoms with Crippen LogP contribution in [0.15, 0.2) is 36.4 Å². The summed E-state index contributed by atoms with van der Waals surface area (Å²) >= 11 is 0. The van der Waals surface area contributed by atoms with E-state index in [9.17, 15) is 9.18 Å². The highest BCUT2D eigenvalue weighted by Crippen LogP contribution is 2.28. The van der Waals surface area contributed by atoms with Crippen molar-refractivity contribution in [2.24, 2.45) is 5.92 Å². The molecule has 2 N–H and O–H groups in total. The Bertz CT molecular complexity index is 865. The van der Waals surface area contributed by atoms with Gasteiger partial charge in [-0.05, 0) is 67.6 Å². The SMILES string of the molecule is Cc1ccc(CNC(=O)C2CCN(Cc3cccc4c3NCC4)CC2)cc1F.Cl. The number of fused-ring (bicyclic) bond motifs is 1. The highest BCUT2D eigenvalue weighted by molar-refractivity contribution is 5.85. The Morgan fingerprint density at radius 1 is 1.24 bits per heavy atom. The lowest BCUT2D eigenvalue weighted by atomic mass is 9.95. The fourth-order valence-corrected chi connectivity index (χ4v) is 4.22. The Morgan fingerprint density at radius 3 is 2.79 bits per heavy atom. The molecule has 2 heterocycles. The molecule has 156 valence electrons. The van der Waals surface area contributed by atoms with Crippen molar-refractivity contribution in [2.75, 3.05) is 25.0 Å². The van der Waals surface area contributed by atoms with Crippen LogP contribution >= 0.6 is 12.4 Å². The number of aryl methyl sites for hydroxylation is 1. The van der Waals surface area contributed by atoms with E-state index in [1.165, 1.54) is 22.9 Å². The van der Waals surface area contributed by atoms with Crippen LogP contribution in [0.4, 0.5) is 10.1 Å². The Hall–Kier alpha value is -2.11. The van der Waals surface area contributed by atoms with Crippen LogP contribution in [0.3, 0.4) is 0 Å². The summed E-state index contributed by atoms with van der Waals surface area (Å²) in [4.78, 5) is 14.9. The lowest BCUT2D eigenvalue weighted by Gasteiger charge is -2.31. The average Bonchev–Trinajstić information content (AvgIpc) is 3.19. The van der Waals surface area contributed by atoms with Gasteiger partial charge in [-0.25, -0.2) is 4.39 Å². The van der Waals surface area contributed by atoms with Gasteiger partial charge in [-0.2, -0.15) is 0 Å². The summed E-state index contributed by atoms with van der Waals surface area (Å²) in [6.07, 6.45) is 2.85. The number of nitrogens with one attached hydrogen (secondary N) is 2. The van der Waals surface area contributed by atoms with E-state index in [1.807, 2.05) is 6.07 Å². The van der Waals surface area contributed by atoms with Crippen LogP contribution in [0.2, 0.25) is 0 Å². The maximum atomic E-state index is 13.6. The third-order valence-electron chi connectivity index (χ3n) is 5.99. The second kappa shape index (κ2) is 9.59. The van der Waals surface area contributed by atoms with Crippen molar-refractivity contribution >= 4 is 24.0 Å². The van der Waals surface area contributed by atoms with E-state index in [1.54, 1.807) is 13.0 Å². The van der Waals surface area contributed by atoms with Crippen molar-refractivity contribution in [3.63, 3.8) is 0 Å². The molecule has 4 rings (SSSR count). The van der Waals surface area contributed by atoms with Gasteiger partial charge < -0.3 is 10.6 Å². The maximum Gasteiger partial charge on any atom is 0.223 e. The zero-order valence-electron chi connectivity index (χ0n) is 16.8. The molecule has 0 aromatic heterocycles. The van der Waals surface area contributed by atoms with Crippen LogP contribution in [0, 0.1) is 18.7 Å². The standard InChI is InChI=1S/C23H28FN3O.ClH/c1-16-5-6-17(13-21(16)24)14-26-23(28)19-8-11-27(12-9-19)15-20-4-2-3-18-7-10-25-22(18)20;/h2-6,13,19,25H,7-12,14-15H2,1H3,(H,26,28);1H. The van der Waals surface area contributed by atoms with E-state index in [2.05, 4.69) is 33.7 Å². The fourth-order valence-electron chi connectivity index (χ4n) is 4.22. The van der Waals surface area contributed by atoms with Gasteiger partial charge in [0.1, 0.15) is 5.82 Å². The molecule has 2 aromatic carbocycles. The summed E-state index contributed by atoms with van der Waals surface area (Å²) in [5.41, 5.74) is 5.52. The second-order valence-electron chi connectivity index (χ2n) is 7.98. The molecule has 1 saturated heterocycles. The number of nitrogens with zero attached hydrogens (tertiary/aromatic N) is 1. The van der Waals surface area contributed by atoms with Crippen LogP contribution in [0.5, 0.6) is 0 Å². The van der Waals surface area contributed by atoms with Crippen molar-refractivity contribution in [3.05, 3.63) is 64.5 Å². The number of piperidine rings is 1. The zero-order chi connectivity index (χ0) is 19.5. The summed E-state index contributed by atoms with van der Waals surface area (Å²) in [5.74, 6) is -0.0870. The molecule has 0 spiro atoms. The lowest BCUT2D eigenvalue weighted by Crippen LogP contribution is -2.40. The van der Waals surface area contributed by atoms with Crippen molar-refractivity contribution in [2.45, 2.75) is 39.3 Å². The molecule has 0 saturated carbocycles. The zero-order valence-corrected chi connectivity index (χ0v) is 17.7. The predicted molar refractivity (Wildman–Crippen MR) is 117 cm³/mol. The fraction of sp³-hybridized carbons (Fsp3) is 0.435. The quantitative estimate of drug-likeness (QED) is 0.771. The van der Waals surface area contributed by atoms with Gasteiger partial charge in [0, 0.05) is 31.2 Å². The molecule has 29 heavy (non-hydrogen) atoms. The van der Waals surface area contributed by atoms with Crippen molar-refractivity contribution < 1.29 is 9.18 Å². The van der Waals surface area contributed by atoms with Gasteiger partial charge in [0.25, 0.3) is 0 Å². The number of likely N-dealkylation sites (tertiary alicyclic amines) is 1. The lowest BCUT2D eigenvalue weighted by molar-refractivity contribution is -0.126. The molecule has 2 aromatic rings. The first-order valence-electron chi connectivity index (χ1n) is 10.2. The number of anilines is 1. The molecule has 4 nitrogen and oxygen atoms in total. The van der Waals surface area contributed by atoms with E-state index in [0.717, 1.165) is 51.0 Å². The molecule has 1 amide bonds. The number of carbonyl (C=O) groups is 1. The Labute approximate surface area is 178 Å². The van der Waals surface area contributed by atoms with Gasteiger partial charge in [-0.3, -0.25) is 9.69 Å². The predicted octanol–water partition coefficient (Wildman–Crippen LogP) is 4.05. The summed E-state index contributed by atoms with van der Waals surface area (Å²) in [5, 5.41) is 6.49. The number of benzene rings is 2. The Morgan fingerprint density at radius 2 is 2.03 bits per heavy atom. The number of hydrogen-bond acceptors (Lipinski definition) is 3. The average molecular weight is 418 g/mol. The molecule has 0 bridgehead atoms. The second-order valence-corrected chi connectivity index (χ2v) is 7.98. The molecule has 0 atom stereocenters. The van der Waals surface area contributed by atoms with Gasteiger partial charge in [-0.1, -0.05) is 30.3 Å². The molecule has 0 aliphatic carbocycles. The minimum absolute atomic E-state index is 0. The van der Waals surface area contributed by atoms with E-state index in [0.29, 0.717) is 12.1 Å². The molecule has 2 aliphatic heterocycles. The van der Waals surface area contributed by atoms with Crippen molar-refractivity contribution in [1.29, 1.82) is 0 Å². The van der Waals surface area contributed by atoms with Crippen LogP contribution in [-0.2, 0) is 24.3 Å². The summed E-state index contributed by atoms with van der Waals surface area (Å²) < 4.78 is 13.6. The molecular weight excluding hydrogens is 389 g/mol. The number of amides is 1. The molecule has 0 radical (unpaired) electrons. The van der Waals surface area contributed by atoms with Crippen LogP contribution < -0.4 is 10.6 Å². The normalized spacial score (nSPS) is 16.6. The van der Waals surface area contributed by atoms with Crippen LogP contribution in [-0.4, -0.2) is 30.4 Å². The number of carbonyl (C=O) groups excluding carboxylic acids is 1. The number of rotatable bonds is 5. The third kappa shape index (κ3) is 5.09. The first kappa shape index (κ1) is 21.6. The number of para-hydroxylation sites is 1. The molecule has 2 aliphatic rings. The Balaban J connectivity index is 0.00000240. The topological polar surface area (TPSA) is 44.4 Å². The van der Waals surface area contributed by atoms with E-state index < -0.39 is 0 Å². The molecule has 0 unspecified atom stereocenters. The van der Waals surface area contributed by atoms with Gasteiger partial charge in [0.05, 0.1) is 0 Å². The highest BCUT2D eigenvalue weighted by atomic mass is 35.5. The summed E-state index contributed by atoms with van der Waals surface area (Å²) in [6, 6.07) is 11.7. The monoisotopic (exact) mass is 417 g/mol. The molecule has 6 heteroatoms. The van der Waals surface area contributed by atoms with Crippen molar-refractivity contribution in [3.8, 4) is 0 Å². The first-order chi connectivity index (χ1) is 13.6. The minimum atomic E-state index is -0.220. The highest BCUT2D eigenvalue weighted by Gasteiger charge is 2.25. The molecule has 1 fully saturated rings. The number of halogens is 2. The van der Waals surface area contributed by atoms with Crippen LogP contribution in [0.1, 0.15) is 35.1 Å². The Kier molecular flexibility index (Phi) is 7.14. The van der Waals surface area contributed by atoms with E-state index in [4.69, 9.17) is 0 Å².